The zero-order chi connectivity index (χ0) is 12.5. The Morgan fingerprint density at radius 3 is 2.71 bits per heavy atom. The monoisotopic (exact) mass is 236 g/mol. The van der Waals surface area contributed by atoms with Gasteiger partial charge in [0.2, 0.25) is 5.91 Å². The number of amides is 1. The number of hydrogen-bond donors (Lipinski definition) is 1. The van der Waals surface area contributed by atoms with E-state index in [2.05, 4.69) is 0 Å². The molecule has 1 amide bonds. The normalized spacial score (nSPS) is 10.7. The van der Waals surface area contributed by atoms with Crippen LogP contribution in [0.25, 0.3) is 0 Å². The first-order chi connectivity index (χ1) is 8.18. The molecule has 1 aromatic rings. The van der Waals surface area contributed by atoms with Crippen molar-refractivity contribution >= 4 is 5.91 Å². The van der Waals surface area contributed by atoms with Gasteiger partial charge in [-0.25, -0.2) is 0 Å². The predicted octanol–water partition coefficient (Wildman–Crippen LogP) is 1.01. The van der Waals surface area contributed by atoms with Crippen molar-refractivity contribution in [1.82, 2.24) is 4.90 Å². The molecule has 0 bridgehead atoms. The molecule has 0 aliphatic rings. The first kappa shape index (κ1) is 13.7. The van der Waals surface area contributed by atoms with E-state index in [1.54, 1.807) is 0 Å². The summed E-state index contributed by atoms with van der Waals surface area (Å²) < 4.78 is 5.53. The molecule has 4 heteroatoms. The van der Waals surface area contributed by atoms with Crippen molar-refractivity contribution in [3.8, 4) is 0 Å². The number of nitrogens with zero attached hydrogens (tertiary/aromatic N) is 1. The standard InChI is InChI=1S/C13H20N2O2/c1-15(10-13(14)16)8-5-9-17-11-12-6-3-2-4-7-12/h2-4,6-7H,5,8-11H2,1H3,(H2,14,16). The van der Waals surface area contributed by atoms with Gasteiger partial charge in [-0.05, 0) is 19.0 Å². The molecular weight excluding hydrogens is 216 g/mol. The largest absolute Gasteiger partial charge is 0.377 e. The van der Waals surface area contributed by atoms with Gasteiger partial charge in [-0.15, -0.1) is 0 Å². The van der Waals surface area contributed by atoms with Crippen molar-refractivity contribution in [2.45, 2.75) is 13.0 Å². The van der Waals surface area contributed by atoms with Crippen LogP contribution in [0.1, 0.15) is 12.0 Å². The molecule has 0 fully saturated rings. The van der Waals surface area contributed by atoms with Gasteiger partial charge in [0.25, 0.3) is 0 Å². The molecule has 0 saturated heterocycles. The average molecular weight is 236 g/mol. The smallest absolute Gasteiger partial charge is 0.231 e. The van der Waals surface area contributed by atoms with Gasteiger partial charge in [0, 0.05) is 13.2 Å². The Hall–Kier alpha value is -1.39. The highest BCUT2D eigenvalue weighted by molar-refractivity contribution is 5.75. The van der Waals surface area contributed by atoms with Crippen LogP contribution in [0.2, 0.25) is 0 Å². The van der Waals surface area contributed by atoms with E-state index in [9.17, 15) is 4.79 Å². The maximum atomic E-state index is 10.6. The summed E-state index contributed by atoms with van der Waals surface area (Å²) in [5, 5.41) is 0. The highest BCUT2D eigenvalue weighted by Crippen LogP contribution is 2.00. The van der Waals surface area contributed by atoms with E-state index in [1.165, 1.54) is 5.56 Å². The number of rotatable bonds is 8. The molecule has 0 aliphatic carbocycles. The van der Waals surface area contributed by atoms with Gasteiger partial charge in [0.15, 0.2) is 0 Å². The number of hydrogen-bond acceptors (Lipinski definition) is 3. The molecule has 0 aliphatic heterocycles. The van der Waals surface area contributed by atoms with Crippen molar-refractivity contribution in [1.29, 1.82) is 0 Å². The van der Waals surface area contributed by atoms with Crippen LogP contribution in [0.3, 0.4) is 0 Å². The van der Waals surface area contributed by atoms with Gasteiger partial charge in [-0.2, -0.15) is 0 Å². The predicted molar refractivity (Wildman–Crippen MR) is 67.4 cm³/mol. The van der Waals surface area contributed by atoms with Crippen molar-refractivity contribution < 1.29 is 9.53 Å². The molecule has 1 aromatic carbocycles. The number of benzene rings is 1. The molecule has 0 heterocycles. The van der Waals surface area contributed by atoms with Crippen LogP contribution >= 0.6 is 0 Å². The Bertz CT molecular complexity index is 327. The fourth-order valence-corrected chi connectivity index (χ4v) is 1.55. The number of carbonyl (C=O) groups excluding carboxylic acids is 1. The van der Waals surface area contributed by atoms with E-state index in [1.807, 2.05) is 42.3 Å². The highest BCUT2D eigenvalue weighted by Gasteiger charge is 2.01. The minimum atomic E-state index is -0.294. The summed E-state index contributed by atoms with van der Waals surface area (Å²) in [4.78, 5) is 12.5. The van der Waals surface area contributed by atoms with E-state index < -0.39 is 0 Å². The third-order valence-electron chi connectivity index (χ3n) is 2.37. The summed E-state index contributed by atoms with van der Waals surface area (Å²) >= 11 is 0. The average Bonchev–Trinajstić information content (AvgIpc) is 2.29. The number of likely N-dealkylation sites (N-methyl/N-ethyl adjacent to an activating group) is 1. The first-order valence-corrected chi connectivity index (χ1v) is 5.77. The molecule has 1 rings (SSSR count). The molecule has 0 radical (unpaired) electrons. The Morgan fingerprint density at radius 1 is 1.35 bits per heavy atom. The molecule has 94 valence electrons. The fraction of sp³-hybridized carbons (Fsp3) is 0.462. The Balaban J connectivity index is 2.03. The maximum Gasteiger partial charge on any atom is 0.231 e. The van der Waals surface area contributed by atoms with Crippen LogP contribution in [0.5, 0.6) is 0 Å². The fourth-order valence-electron chi connectivity index (χ4n) is 1.55. The summed E-state index contributed by atoms with van der Waals surface area (Å²) in [6, 6.07) is 10.1. The van der Waals surface area contributed by atoms with Crippen LogP contribution in [-0.4, -0.2) is 37.6 Å². The highest BCUT2D eigenvalue weighted by atomic mass is 16.5. The van der Waals surface area contributed by atoms with Gasteiger partial charge >= 0.3 is 0 Å². The minimum Gasteiger partial charge on any atom is -0.377 e. The van der Waals surface area contributed by atoms with Gasteiger partial charge < -0.3 is 10.5 Å². The summed E-state index contributed by atoms with van der Waals surface area (Å²) in [5.74, 6) is -0.294. The molecular formula is C13H20N2O2. The Labute approximate surface area is 102 Å². The van der Waals surface area contributed by atoms with Gasteiger partial charge in [0.1, 0.15) is 0 Å². The van der Waals surface area contributed by atoms with Gasteiger partial charge in [-0.1, -0.05) is 30.3 Å². The van der Waals surface area contributed by atoms with Crippen molar-refractivity contribution in [3.05, 3.63) is 35.9 Å². The van der Waals surface area contributed by atoms with Crippen molar-refractivity contribution in [3.63, 3.8) is 0 Å². The topological polar surface area (TPSA) is 55.6 Å². The molecule has 0 atom stereocenters. The van der Waals surface area contributed by atoms with Crippen LogP contribution < -0.4 is 5.73 Å². The van der Waals surface area contributed by atoms with E-state index in [-0.39, 0.29) is 5.91 Å². The van der Waals surface area contributed by atoms with Crippen LogP contribution in [-0.2, 0) is 16.1 Å². The van der Waals surface area contributed by atoms with Gasteiger partial charge in [0.05, 0.1) is 13.2 Å². The Morgan fingerprint density at radius 2 is 2.06 bits per heavy atom. The lowest BCUT2D eigenvalue weighted by Gasteiger charge is -2.13. The zero-order valence-electron chi connectivity index (χ0n) is 10.3. The Kier molecular flexibility index (Phi) is 6.29. The minimum absolute atomic E-state index is 0.294. The summed E-state index contributed by atoms with van der Waals surface area (Å²) in [7, 11) is 1.88. The van der Waals surface area contributed by atoms with Crippen LogP contribution in [0.15, 0.2) is 30.3 Å². The molecule has 17 heavy (non-hydrogen) atoms. The van der Waals surface area contributed by atoms with Crippen LogP contribution in [0, 0.1) is 0 Å². The molecule has 0 aromatic heterocycles. The van der Waals surface area contributed by atoms with Crippen LogP contribution in [0.4, 0.5) is 0 Å². The maximum absolute atomic E-state index is 10.6. The lowest BCUT2D eigenvalue weighted by molar-refractivity contribution is -0.118. The number of ether oxygens (including phenoxy) is 1. The van der Waals surface area contributed by atoms with E-state index >= 15 is 0 Å². The quantitative estimate of drug-likeness (QED) is 0.685. The van der Waals surface area contributed by atoms with E-state index in [0.717, 1.165) is 13.0 Å². The first-order valence-electron chi connectivity index (χ1n) is 5.77. The second kappa shape index (κ2) is 7.81. The molecule has 0 unspecified atom stereocenters. The third kappa shape index (κ3) is 6.71. The zero-order valence-corrected chi connectivity index (χ0v) is 10.3. The molecule has 0 saturated carbocycles. The van der Waals surface area contributed by atoms with E-state index in [4.69, 9.17) is 10.5 Å². The number of nitrogens with two attached hydrogens (primary N) is 1. The van der Waals surface area contributed by atoms with E-state index in [0.29, 0.717) is 19.8 Å². The SMILES string of the molecule is CN(CCCOCc1ccccc1)CC(N)=O. The van der Waals surface area contributed by atoms with Crippen molar-refractivity contribution in [2.24, 2.45) is 5.73 Å². The summed E-state index contributed by atoms with van der Waals surface area (Å²) in [5.41, 5.74) is 6.27. The number of carbonyl (C=O) groups is 1. The van der Waals surface area contributed by atoms with Gasteiger partial charge in [-0.3, -0.25) is 9.69 Å². The summed E-state index contributed by atoms with van der Waals surface area (Å²) in [6.07, 6.45) is 0.899. The second-order valence-corrected chi connectivity index (χ2v) is 4.10. The lowest BCUT2D eigenvalue weighted by Crippen LogP contribution is -2.31. The summed E-state index contributed by atoms with van der Waals surface area (Å²) in [6.45, 7) is 2.45. The molecule has 4 nitrogen and oxygen atoms in total. The number of primary amides is 1. The molecule has 2 N–H and O–H groups in total. The lowest BCUT2D eigenvalue weighted by atomic mass is 10.2. The van der Waals surface area contributed by atoms with Crippen molar-refractivity contribution in [2.75, 3.05) is 26.7 Å². The second-order valence-electron chi connectivity index (χ2n) is 4.10. The molecule has 0 spiro atoms. The third-order valence-corrected chi connectivity index (χ3v) is 2.37.